The van der Waals surface area contributed by atoms with Gasteiger partial charge < -0.3 is 20.1 Å². The maximum absolute atomic E-state index is 13.6. The topological polar surface area (TPSA) is 61.8 Å². The Kier molecular flexibility index (Phi) is 6.36. The number of nitrogens with one attached hydrogen (secondary N) is 1. The zero-order valence-electron chi connectivity index (χ0n) is 14.6. The predicted molar refractivity (Wildman–Crippen MR) is 94.0 cm³/mol. The zero-order valence-corrected chi connectivity index (χ0v) is 14.6. The summed E-state index contributed by atoms with van der Waals surface area (Å²) in [4.78, 5) is 13.8. The summed E-state index contributed by atoms with van der Waals surface area (Å²) >= 11 is 0. The van der Waals surface area contributed by atoms with Crippen molar-refractivity contribution in [1.29, 1.82) is 0 Å². The number of carbonyl (C=O) groups is 1. The third kappa shape index (κ3) is 4.70. The molecule has 0 bridgehead atoms. The van der Waals surface area contributed by atoms with Crippen molar-refractivity contribution >= 4 is 6.03 Å². The van der Waals surface area contributed by atoms with Crippen LogP contribution in [0, 0.1) is 12.7 Å². The Hall–Kier alpha value is -2.60. The minimum atomic E-state index is -0.485. The Morgan fingerprint density at radius 1 is 1.28 bits per heavy atom. The Bertz CT molecular complexity index is 719. The number of aliphatic hydroxyl groups is 1. The minimum Gasteiger partial charge on any atom is -0.497 e. The molecule has 0 aliphatic rings. The van der Waals surface area contributed by atoms with E-state index in [0.717, 1.165) is 5.56 Å². The number of amides is 2. The smallest absolute Gasteiger partial charge is 0.318 e. The number of hydrogen-bond donors (Lipinski definition) is 2. The highest BCUT2D eigenvalue weighted by molar-refractivity contribution is 5.74. The molecule has 2 aromatic carbocycles. The number of benzene rings is 2. The van der Waals surface area contributed by atoms with Crippen molar-refractivity contribution in [2.75, 3.05) is 20.8 Å². The van der Waals surface area contributed by atoms with Crippen LogP contribution in [0.1, 0.15) is 22.7 Å². The summed E-state index contributed by atoms with van der Waals surface area (Å²) in [6.45, 7) is 1.68. The summed E-state index contributed by atoms with van der Waals surface area (Å²) in [6.07, 6.45) is 0. The number of ether oxygens (including phenoxy) is 1. The fourth-order valence-corrected chi connectivity index (χ4v) is 2.47. The number of nitrogens with zero attached hydrogens (tertiary/aromatic N) is 1. The molecule has 0 aromatic heterocycles. The molecule has 2 rings (SSSR count). The van der Waals surface area contributed by atoms with E-state index in [1.165, 1.54) is 11.0 Å². The second-order valence-corrected chi connectivity index (χ2v) is 5.82. The van der Waals surface area contributed by atoms with Crippen LogP contribution in [0.2, 0.25) is 0 Å². The number of halogens is 1. The Labute approximate surface area is 147 Å². The highest BCUT2D eigenvalue weighted by Gasteiger charge is 2.21. The van der Waals surface area contributed by atoms with Crippen molar-refractivity contribution in [1.82, 2.24) is 10.2 Å². The van der Waals surface area contributed by atoms with Crippen molar-refractivity contribution in [3.8, 4) is 5.75 Å². The first-order valence-corrected chi connectivity index (χ1v) is 7.96. The maximum Gasteiger partial charge on any atom is 0.318 e. The number of aliphatic hydroxyl groups excluding tert-OH is 1. The summed E-state index contributed by atoms with van der Waals surface area (Å²) in [5.41, 5.74) is 2.03. The molecule has 5 nitrogen and oxygen atoms in total. The molecule has 0 spiro atoms. The molecule has 1 atom stereocenters. The lowest BCUT2D eigenvalue weighted by molar-refractivity contribution is 0.149. The molecular weight excluding hydrogens is 323 g/mol. The van der Waals surface area contributed by atoms with E-state index in [2.05, 4.69) is 5.32 Å². The third-order valence-electron chi connectivity index (χ3n) is 4.14. The van der Waals surface area contributed by atoms with Gasteiger partial charge >= 0.3 is 6.03 Å². The minimum absolute atomic E-state index is 0.209. The third-order valence-corrected chi connectivity index (χ3v) is 4.14. The van der Waals surface area contributed by atoms with Gasteiger partial charge in [-0.3, -0.25) is 0 Å². The number of rotatable bonds is 6. The fraction of sp³-hybridized carbons (Fsp3) is 0.316. The largest absolute Gasteiger partial charge is 0.497 e. The molecule has 2 aromatic rings. The van der Waals surface area contributed by atoms with Crippen molar-refractivity contribution in [3.63, 3.8) is 0 Å². The van der Waals surface area contributed by atoms with Crippen molar-refractivity contribution in [3.05, 3.63) is 65.0 Å². The first-order chi connectivity index (χ1) is 12.0. The first-order valence-electron chi connectivity index (χ1n) is 7.96. The van der Waals surface area contributed by atoms with E-state index in [0.29, 0.717) is 16.9 Å². The molecule has 0 fully saturated rings. The molecule has 0 saturated carbocycles. The molecule has 1 unspecified atom stereocenters. The number of likely N-dealkylation sites (N-methyl/N-ethyl adjacent to an activating group) is 1. The Morgan fingerprint density at radius 2 is 1.96 bits per heavy atom. The van der Waals surface area contributed by atoms with E-state index in [1.54, 1.807) is 57.5 Å². The quantitative estimate of drug-likeness (QED) is 0.845. The van der Waals surface area contributed by atoms with E-state index >= 15 is 0 Å². The van der Waals surface area contributed by atoms with Crippen LogP contribution in [0.3, 0.4) is 0 Å². The summed E-state index contributed by atoms with van der Waals surface area (Å²) in [5, 5.41) is 12.4. The molecule has 2 N–H and O–H groups in total. The van der Waals surface area contributed by atoms with Gasteiger partial charge in [-0.25, -0.2) is 9.18 Å². The van der Waals surface area contributed by atoms with E-state index in [4.69, 9.17) is 4.74 Å². The second-order valence-electron chi connectivity index (χ2n) is 5.82. The van der Waals surface area contributed by atoms with Gasteiger partial charge in [0.25, 0.3) is 0 Å². The monoisotopic (exact) mass is 346 g/mol. The lowest BCUT2D eigenvalue weighted by Crippen LogP contribution is -2.40. The van der Waals surface area contributed by atoms with Crippen molar-refractivity contribution in [2.24, 2.45) is 0 Å². The van der Waals surface area contributed by atoms with E-state index in [-0.39, 0.29) is 25.0 Å². The standard InChI is InChI=1S/C19H23FN2O3/c1-13-4-5-14(10-17(13)20)11-21-19(24)22(2)18(12-23)15-6-8-16(25-3)9-7-15/h4-10,18,23H,11-12H2,1-3H3,(H,21,24). The van der Waals surface area contributed by atoms with Gasteiger partial charge in [0.1, 0.15) is 11.6 Å². The molecule has 134 valence electrons. The fourth-order valence-electron chi connectivity index (χ4n) is 2.47. The van der Waals surface area contributed by atoms with Gasteiger partial charge in [-0.1, -0.05) is 24.3 Å². The SMILES string of the molecule is COc1ccc(C(CO)N(C)C(=O)NCc2ccc(C)c(F)c2)cc1. The van der Waals surface area contributed by atoms with E-state index in [9.17, 15) is 14.3 Å². The van der Waals surface area contributed by atoms with Gasteiger partial charge in [-0.2, -0.15) is 0 Å². The first kappa shape index (κ1) is 18.7. The van der Waals surface area contributed by atoms with Crippen LogP contribution in [0.25, 0.3) is 0 Å². The molecule has 2 amide bonds. The van der Waals surface area contributed by atoms with Gasteiger partial charge in [0.15, 0.2) is 0 Å². The van der Waals surface area contributed by atoms with Gasteiger partial charge in [0, 0.05) is 13.6 Å². The van der Waals surface area contributed by atoms with Crippen molar-refractivity contribution < 1.29 is 19.0 Å². The lowest BCUT2D eigenvalue weighted by atomic mass is 10.1. The highest BCUT2D eigenvalue weighted by atomic mass is 19.1. The molecular formula is C19H23FN2O3. The normalized spacial score (nSPS) is 11.7. The molecule has 0 aliphatic heterocycles. The van der Waals surface area contributed by atoms with Gasteiger partial charge in [-0.05, 0) is 41.8 Å². The van der Waals surface area contributed by atoms with Gasteiger partial charge in [-0.15, -0.1) is 0 Å². The molecule has 0 heterocycles. The van der Waals surface area contributed by atoms with Crippen LogP contribution in [0.15, 0.2) is 42.5 Å². The lowest BCUT2D eigenvalue weighted by Gasteiger charge is -2.27. The molecule has 25 heavy (non-hydrogen) atoms. The summed E-state index contributed by atoms with van der Waals surface area (Å²) in [7, 11) is 3.18. The Morgan fingerprint density at radius 3 is 2.52 bits per heavy atom. The van der Waals surface area contributed by atoms with Gasteiger partial charge in [0.05, 0.1) is 19.8 Å². The maximum atomic E-state index is 13.6. The van der Waals surface area contributed by atoms with Gasteiger partial charge in [0.2, 0.25) is 0 Å². The summed E-state index contributed by atoms with van der Waals surface area (Å²) in [6, 6.07) is 11.2. The highest BCUT2D eigenvalue weighted by Crippen LogP contribution is 2.22. The number of aryl methyl sites for hydroxylation is 1. The van der Waals surface area contributed by atoms with Crippen molar-refractivity contribution in [2.45, 2.75) is 19.5 Å². The molecule has 0 aliphatic carbocycles. The number of methoxy groups -OCH3 is 1. The van der Waals surface area contributed by atoms with Crippen LogP contribution in [0.5, 0.6) is 5.75 Å². The Balaban J connectivity index is 2.01. The predicted octanol–water partition coefficient (Wildman–Crippen LogP) is 3.02. The summed E-state index contributed by atoms with van der Waals surface area (Å²) in [5.74, 6) is 0.403. The number of hydrogen-bond acceptors (Lipinski definition) is 3. The average Bonchev–Trinajstić information content (AvgIpc) is 2.63. The van der Waals surface area contributed by atoms with E-state index in [1.807, 2.05) is 0 Å². The molecule has 0 radical (unpaired) electrons. The van der Waals surface area contributed by atoms with E-state index < -0.39 is 6.04 Å². The van der Waals surface area contributed by atoms with Crippen LogP contribution < -0.4 is 10.1 Å². The number of urea groups is 1. The number of carbonyl (C=O) groups excluding carboxylic acids is 1. The van der Waals surface area contributed by atoms with Crippen LogP contribution in [-0.2, 0) is 6.54 Å². The summed E-state index contributed by atoms with van der Waals surface area (Å²) < 4.78 is 18.7. The molecule has 0 saturated heterocycles. The van der Waals surface area contributed by atoms with Crippen LogP contribution in [0.4, 0.5) is 9.18 Å². The molecule has 6 heteroatoms. The average molecular weight is 346 g/mol. The zero-order chi connectivity index (χ0) is 18.4. The second kappa shape index (κ2) is 8.48. The van der Waals surface area contributed by atoms with Crippen LogP contribution in [-0.4, -0.2) is 36.8 Å². The van der Waals surface area contributed by atoms with Crippen LogP contribution >= 0.6 is 0 Å².